The highest BCUT2D eigenvalue weighted by Gasteiger charge is 2.40. The van der Waals surface area contributed by atoms with Crippen molar-refractivity contribution in [1.29, 1.82) is 0 Å². The SMILES string of the molecule is O=C(c1ccc2c(c1)N=CC2)N1CCCC2c3c(F)cccc3CC[C@H]21. The van der Waals surface area contributed by atoms with Gasteiger partial charge in [0.1, 0.15) is 5.82 Å². The zero-order valence-corrected chi connectivity index (χ0v) is 14.6. The van der Waals surface area contributed by atoms with Crippen LogP contribution >= 0.6 is 0 Å². The number of hydrogen-bond donors (Lipinski definition) is 0. The number of aliphatic imine (C=N–C) groups is 1. The van der Waals surface area contributed by atoms with Crippen molar-refractivity contribution in [2.45, 2.75) is 44.1 Å². The largest absolute Gasteiger partial charge is 0.335 e. The van der Waals surface area contributed by atoms with Gasteiger partial charge in [-0.3, -0.25) is 9.79 Å². The predicted octanol–water partition coefficient (Wildman–Crippen LogP) is 4.42. The van der Waals surface area contributed by atoms with Crippen molar-refractivity contribution >= 4 is 17.8 Å². The average Bonchev–Trinajstić information content (AvgIpc) is 3.14. The molecule has 0 spiro atoms. The van der Waals surface area contributed by atoms with Crippen LogP contribution in [0.4, 0.5) is 10.1 Å². The molecule has 26 heavy (non-hydrogen) atoms. The Hall–Kier alpha value is -2.49. The van der Waals surface area contributed by atoms with Crippen molar-refractivity contribution in [3.63, 3.8) is 0 Å². The van der Waals surface area contributed by atoms with E-state index in [1.165, 1.54) is 5.56 Å². The molecule has 2 atom stereocenters. The molecule has 2 heterocycles. The lowest BCUT2D eigenvalue weighted by atomic mass is 9.74. The van der Waals surface area contributed by atoms with E-state index < -0.39 is 0 Å². The molecule has 1 amide bonds. The number of piperidine rings is 1. The maximum atomic E-state index is 14.5. The van der Waals surface area contributed by atoms with Crippen LogP contribution in [-0.2, 0) is 12.8 Å². The van der Waals surface area contributed by atoms with Gasteiger partial charge in [0.2, 0.25) is 0 Å². The Morgan fingerprint density at radius 3 is 3.00 bits per heavy atom. The molecular weight excluding hydrogens is 327 g/mol. The van der Waals surface area contributed by atoms with Crippen molar-refractivity contribution in [1.82, 2.24) is 4.90 Å². The van der Waals surface area contributed by atoms with E-state index in [1.807, 2.05) is 35.4 Å². The lowest BCUT2D eigenvalue weighted by Gasteiger charge is -2.45. The summed E-state index contributed by atoms with van der Waals surface area (Å²) in [6.45, 7) is 0.754. The number of benzene rings is 2. The first-order valence-corrected chi connectivity index (χ1v) is 9.46. The number of halogens is 1. The number of nitrogens with zero attached hydrogens (tertiary/aromatic N) is 2. The Morgan fingerprint density at radius 1 is 1.15 bits per heavy atom. The van der Waals surface area contributed by atoms with Gasteiger partial charge in [-0.1, -0.05) is 18.2 Å². The second-order valence-corrected chi connectivity index (χ2v) is 7.53. The maximum absolute atomic E-state index is 14.5. The van der Waals surface area contributed by atoms with E-state index in [4.69, 9.17) is 0 Å². The minimum absolute atomic E-state index is 0.0596. The van der Waals surface area contributed by atoms with Crippen LogP contribution in [0.3, 0.4) is 0 Å². The topological polar surface area (TPSA) is 32.7 Å². The summed E-state index contributed by atoms with van der Waals surface area (Å²) < 4.78 is 14.5. The van der Waals surface area contributed by atoms with Crippen LogP contribution in [0.15, 0.2) is 41.4 Å². The molecule has 3 aliphatic rings. The molecule has 1 aliphatic carbocycles. The number of hydrogen-bond acceptors (Lipinski definition) is 2. The number of amides is 1. The third-order valence-corrected chi connectivity index (χ3v) is 6.14. The summed E-state index contributed by atoms with van der Waals surface area (Å²) in [5.74, 6) is 0.0628. The minimum atomic E-state index is -0.113. The van der Waals surface area contributed by atoms with Crippen molar-refractivity contribution < 1.29 is 9.18 Å². The van der Waals surface area contributed by atoms with Crippen LogP contribution < -0.4 is 0 Å². The lowest BCUT2D eigenvalue weighted by Crippen LogP contribution is -2.49. The third kappa shape index (κ3) is 2.39. The number of rotatable bonds is 1. The van der Waals surface area contributed by atoms with Crippen molar-refractivity contribution in [3.05, 3.63) is 64.5 Å². The van der Waals surface area contributed by atoms with Crippen LogP contribution in [0, 0.1) is 5.82 Å². The number of likely N-dealkylation sites (tertiary alicyclic amines) is 1. The molecule has 0 saturated carbocycles. The van der Waals surface area contributed by atoms with Crippen molar-refractivity contribution in [3.8, 4) is 0 Å². The number of carbonyl (C=O) groups is 1. The van der Waals surface area contributed by atoms with Gasteiger partial charge in [0.25, 0.3) is 5.91 Å². The summed E-state index contributed by atoms with van der Waals surface area (Å²) in [5, 5.41) is 0. The van der Waals surface area contributed by atoms with Crippen LogP contribution in [0.1, 0.15) is 52.2 Å². The first-order chi connectivity index (χ1) is 12.7. The zero-order chi connectivity index (χ0) is 17.7. The van der Waals surface area contributed by atoms with Gasteiger partial charge in [0.15, 0.2) is 0 Å². The molecule has 3 nitrogen and oxygen atoms in total. The quantitative estimate of drug-likeness (QED) is 0.751. The van der Waals surface area contributed by atoms with Crippen LogP contribution in [-0.4, -0.2) is 29.6 Å². The van der Waals surface area contributed by atoms with E-state index in [1.54, 1.807) is 12.1 Å². The second-order valence-electron chi connectivity index (χ2n) is 7.53. The second kappa shape index (κ2) is 6.04. The van der Waals surface area contributed by atoms with Gasteiger partial charge in [-0.05, 0) is 60.6 Å². The number of aryl methyl sites for hydroxylation is 1. The van der Waals surface area contributed by atoms with E-state index in [0.29, 0.717) is 5.56 Å². The normalized spacial score (nSPS) is 23.3. The van der Waals surface area contributed by atoms with Gasteiger partial charge in [-0.2, -0.15) is 0 Å². The molecule has 2 aliphatic heterocycles. The van der Waals surface area contributed by atoms with E-state index in [0.717, 1.165) is 55.5 Å². The summed E-state index contributed by atoms with van der Waals surface area (Å²) in [5.41, 5.74) is 4.74. The zero-order valence-electron chi connectivity index (χ0n) is 14.6. The Labute approximate surface area is 152 Å². The molecular formula is C22H21FN2O. The fourth-order valence-corrected chi connectivity index (χ4v) is 4.92. The van der Waals surface area contributed by atoms with Gasteiger partial charge < -0.3 is 4.90 Å². The van der Waals surface area contributed by atoms with Crippen LogP contribution in [0.2, 0.25) is 0 Å². The Morgan fingerprint density at radius 2 is 2.08 bits per heavy atom. The molecule has 0 N–H and O–H groups in total. The molecule has 1 fully saturated rings. The standard InChI is InChI=1S/C22H21FN2O/c23-18-5-1-3-15-8-9-20-17(21(15)18)4-2-12-25(20)22(26)16-7-6-14-10-11-24-19(14)13-16/h1,3,5-7,11,13,17,20H,2,4,8-10,12H2/t17?,20-/m1/s1. The van der Waals surface area contributed by atoms with Crippen molar-refractivity contribution in [2.24, 2.45) is 4.99 Å². The molecule has 5 rings (SSSR count). The molecule has 2 aromatic carbocycles. The molecule has 1 saturated heterocycles. The highest BCUT2D eigenvalue weighted by atomic mass is 19.1. The van der Waals surface area contributed by atoms with E-state index in [-0.39, 0.29) is 23.7 Å². The molecule has 0 aromatic heterocycles. The smallest absolute Gasteiger partial charge is 0.254 e. The third-order valence-electron chi connectivity index (χ3n) is 6.14. The highest BCUT2D eigenvalue weighted by molar-refractivity contribution is 5.96. The molecule has 1 unspecified atom stereocenters. The Balaban J connectivity index is 1.48. The highest BCUT2D eigenvalue weighted by Crippen LogP contribution is 2.42. The van der Waals surface area contributed by atoms with Gasteiger partial charge in [-0.15, -0.1) is 0 Å². The fourth-order valence-electron chi connectivity index (χ4n) is 4.92. The molecule has 4 heteroatoms. The summed E-state index contributed by atoms with van der Waals surface area (Å²) >= 11 is 0. The lowest BCUT2D eigenvalue weighted by molar-refractivity contribution is 0.0543. The summed E-state index contributed by atoms with van der Waals surface area (Å²) in [6, 6.07) is 11.3. The Bertz CT molecular complexity index is 920. The number of fused-ring (bicyclic) bond motifs is 4. The molecule has 0 bridgehead atoms. The van der Waals surface area contributed by atoms with Gasteiger partial charge in [0.05, 0.1) is 5.69 Å². The maximum Gasteiger partial charge on any atom is 0.254 e. The first-order valence-electron chi connectivity index (χ1n) is 9.46. The fraction of sp³-hybridized carbons (Fsp3) is 0.364. The molecule has 132 valence electrons. The summed E-state index contributed by atoms with van der Waals surface area (Å²) in [6.07, 6.45) is 6.36. The van der Waals surface area contributed by atoms with Crippen molar-refractivity contribution in [2.75, 3.05) is 6.54 Å². The molecule has 0 radical (unpaired) electrons. The minimum Gasteiger partial charge on any atom is -0.335 e. The number of carbonyl (C=O) groups excluding carboxylic acids is 1. The Kier molecular flexibility index (Phi) is 3.66. The van der Waals surface area contributed by atoms with Gasteiger partial charge >= 0.3 is 0 Å². The first kappa shape index (κ1) is 15.7. The van der Waals surface area contributed by atoms with Gasteiger partial charge in [0, 0.05) is 36.7 Å². The summed E-state index contributed by atoms with van der Waals surface area (Å²) in [7, 11) is 0. The average molecular weight is 348 g/mol. The van der Waals surface area contributed by atoms with E-state index in [9.17, 15) is 9.18 Å². The monoisotopic (exact) mass is 348 g/mol. The van der Waals surface area contributed by atoms with Crippen LogP contribution in [0.25, 0.3) is 0 Å². The van der Waals surface area contributed by atoms with Crippen LogP contribution in [0.5, 0.6) is 0 Å². The van der Waals surface area contributed by atoms with E-state index in [2.05, 4.69) is 4.99 Å². The summed E-state index contributed by atoms with van der Waals surface area (Å²) in [4.78, 5) is 19.6. The predicted molar refractivity (Wildman–Crippen MR) is 99.8 cm³/mol. The van der Waals surface area contributed by atoms with E-state index >= 15 is 0 Å². The van der Waals surface area contributed by atoms with Gasteiger partial charge in [-0.25, -0.2) is 4.39 Å². The molecule has 2 aromatic rings.